The number of aryl methyl sites for hydroxylation is 4. The second-order valence-corrected chi connectivity index (χ2v) is 4.30. The van der Waals surface area contributed by atoms with Gasteiger partial charge in [0.05, 0.1) is 0 Å². The Hall–Kier alpha value is -0.417. The van der Waals surface area contributed by atoms with Crippen molar-refractivity contribution >= 4 is 0 Å². The zero-order chi connectivity index (χ0) is 12.0. The van der Waals surface area contributed by atoms with E-state index in [9.17, 15) is 0 Å². The van der Waals surface area contributed by atoms with E-state index in [1.165, 1.54) is 35.1 Å². The van der Waals surface area contributed by atoms with Crippen molar-refractivity contribution in [3.63, 3.8) is 0 Å². The molecule has 1 heteroatoms. The first-order valence-corrected chi connectivity index (χ1v) is 6.10. The third-order valence-electron chi connectivity index (χ3n) is 2.76. The topological polar surface area (TPSA) is 0 Å². The molecule has 2 aromatic rings. The Bertz CT molecular complexity index is 372. The molecule has 0 amide bonds. The molecule has 2 rings (SSSR count). The maximum absolute atomic E-state index is 2.28. The Morgan fingerprint density at radius 1 is 1.06 bits per heavy atom. The smallest absolute Gasteiger partial charge is 0.211 e. The van der Waals surface area contributed by atoms with E-state index in [0.717, 1.165) is 0 Å². The predicted molar refractivity (Wildman–Crippen MR) is 72.3 cm³/mol. The van der Waals surface area contributed by atoms with Crippen LogP contribution < -0.4 is 0 Å². The SMILES string of the molecule is CCc1cc[c-](CC)c1.Cc1cc[c-](C)c1.[Zr+2]. The van der Waals surface area contributed by atoms with Crippen LogP contribution in [0.5, 0.6) is 0 Å². The van der Waals surface area contributed by atoms with Crippen molar-refractivity contribution < 1.29 is 26.2 Å². The molecule has 0 radical (unpaired) electrons. The van der Waals surface area contributed by atoms with Crippen LogP contribution in [0.15, 0.2) is 36.4 Å². The molecule has 0 saturated carbocycles. The Morgan fingerprint density at radius 2 is 1.76 bits per heavy atom. The molecule has 0 unspecified atom stereocenters. The van der Waals surface area contributed by atoms with Crippen molar-refractivity contribution in [2.24, 2.45) is 0 Å². The fraction of sp³-hybridized carbons (Fsp3) is 0.375. The van der Waals surface area contributed by atoms with Crippen LogP contribution in [0.4, 0.5) is 0 Å². The summed E-state index contributed by atoms with van der Waals surface area (Å²) < 4.78 is 0. The van der Waals surface area contributed by atoms with Gasteiger partial charge in [0.15, 0.2) is 0 Å². The van der Waals surface area contributed by atoms with E-state index in [4.69, 9.17) is 0 Å². The monoisotopic (exact) mass is 304 g/mol. The van der Waals surface area contributed by atoms with Crippen molar-refractivity contribution in [3.8, 4) is 0 Å². The molecule has 0 atom stereocenters. The summed E-state index contributed by atoms with van der Waals surface area (Å²) in [6.07, 6.45) is 2.33. The van der Waals surface area contributed by atoms with Crippen LogP contribution in [-0.4, -0.2) is 0 Å². The number of hydrogen-bond acceptors (Lipinski definition) is 0. The van der Waals surface area contributed by atoms with E-state index in [1.54, 1.807) is 0 Å². The summed E-state index contributed by atoms with van der Waals surface area (Å²) in [5.74, 6) is 0. The molecule has 0 bridgehead atoms. The summed E-state index contributed by atoms with van der Waals surface area (Å²) in [5, 5.41) is 0. The van der Waals surface area contributed by atoms with Gasteiger partial charge in [-0.25, -0.2) is 17.7 Å². The normalized spacial score (nSPS) is 9.18. The van der Waals surface area contributed by atoms with Gasteiger partial charge in [-0.1, -0.05) is 40.5 Å². The van der Waals surface area contributed by atoms with Crippen molar-refractivity contribution in [3.05, 3.63) is 58.7 Å². The number of hydrogen-bond donors (Lipinski definition) is 0. The summed E-state index contributed by atoms with van der Waals surface area (Å²) in [4.78, 5) is 0. The molecule has 0 spiro atoms. The Kier molecular flexibility index (Phi) is 8.43. The van der Waals surface area contributed by atoms with Crippen molar-refractivity contribution in [1.82, 2.24) is 0 Å². The molecule has 2 aromatic carbocycles. The van der Waals surface area contributed by atoms with E-state index in [0.29, 0.717) is 0 Å². The summed E-state index contributed by atoms with van der Waals surface area (Å²) >= 11 is 0. The third-order valence-corrected chi connectivity index (χ3v) is 2.76. The standard InChI is InChI=1S/C9H13.C7H9.Zr/c1-3-8-5-6-9(4-2)7-8;1-6-3-4-7(2)5-6;/h5-7H,3-4H2,1-2H3;3-5H,1-2H3;/q2*-1;+2. The quantitative estimate of drug-likeness (QED) is 0.714. The van der Waals surface area contributed by atoms with Gasteiger partial charge in [0.2, 0.25) is 0 Å². The Labute approximate surface area is 125 Å². The van der Waals surface area contributed by atoms with Crippen LogP contribution in [0.1, 0.15) is 36.1 Å². The summed E-state index contributed by atoms with van der Waals surface area (Å²) in [6, 6.07) is 13.1. The minimum absolute atomic E-state index is 0. The van der Waals surface area contributed by atoms with Gasteiger partial charge < -0.3 is 0 Å². The molecule has 0 fully saturated rings. The first-order valence-electron chi connectivity index (χ1n) is 6.10. The predicted octanol–water partition coefficient (Wildman–Crippen LogP) is 4.55. The summed E-state index contributed by atoms with van der Waals surface area (Å²) in [7, 11) is 0. The van der Waals surface area contributed by atoms with Crippen LogP contribution in [-0.2, 0) is 39.0 Å². The van der Waals surface area contributed by atoms with Crippen LogP contribution in [0.3, 0.4) is 0 Å². The fourth-order valence-electron chi connectivity index (χ4n) is 1.71. The first kappa shape index (κ1) is 16.6. The van der Waals surface area contributed by atoms with Gasteiger partial charge >= 0.3 is 26.2 Å². The minimum Gasteiger partial charge on any atom is -0.211 e. The van der Waals surface area contributed by atoms with Gasteiger partial charge in [-0.2, -0.15) is 41.0 Å². The van der Waals surface area contributed by atoms with Crippen molar-refractivity contribution in [2.45, 2.75) is 40.5 Å². The fourth-order valence-corrected chi connectivity index (χ4v) is 1.71. The zero-order valence-corrected chi connectivity index (χ0v) is 13.8. The minimum atomic E-state index is 0. The van der Waals surface area contributed by atoms with E-state index in [-0.39, 0.29) is 26.2 Å². The van der Waals surface area contributed by atoms with Crippen molar-refractivity contribution in [2.75, 3.05) is 0 Å². The average Bonchev–Trinajstić information content (AvgIpc) is 2.88. The molecule has 0 aliphatic carbocycles. The molecule has 0 N–H and O–H groups in total. The molecule has 0 saturated heterocycles. The third kappa shape index (κ3) is 6.17. The van der Waals surface area contributed by atoms with Crippen LogP contribution in [0.2, 0.25) is 0 Å². The van der Waals surface area contributed by atoms with Gasteiger partial charge in [0.1, 0.15) is 0 Å². The van der Waals surface area contributed by atoms with E-state index >= 15 is 0 Å². The molecule has 0 aliphatic rings. The van der Waals surface area contributed by atoms with Crippen molar-refractivity contribution in [1.29, 1.82) is 0 Å². The second-order valence-electron chi connectivity index (χ2n) is 4.30. The van der Waals surface area contributed by atoms with E-state index in [1.807, 2.05) is 0 Å². The Morgan fingerprint density at radius 3 is 2.00 bits per heavy atom. The maximum atomic E-state index is 2.28. The summed E-state index contributed by atoms with van der Waals surface area (Å²) in [6.45, 7) is 8.59. The molecule has 0 aromatic heterocycles. The average molecular weight is 306 g/mol. The summed E-state index contributed by atoms with van der Waals surface area (Å²) in [5.41, 5.74) is 5.65. The molecule has 0 nitrogen and oxygen atoms in total. The molecule has 0 heterocycles. The molecular weight excluding hydrogens is 283 g/mol. The molecular formula is C16H22Zr. The second kappa shape index (κ2) is 8.64. The Balaban J connectivity index is 0.000000292. The molecule has 0 aliphatic heterocycles. The van der Waals surface area contributed by atoms with Crippen LogP contribution in [0, 0.1) is 13.8 Å². The van der Waals surface area contributed by atoms with Crippen LogP contribution >= 0.6 is 0 Å². The van der Waals surface area contributed by atoms with Gasteiger partial charge in [-0.05, 0) is 0 Å². The van der Waals surface area contributed by atoms with E-state index in [2.05, 4.69) is 64.1 Å². The van der Waals surface area contributed by atoms with Gasteiger partial charge in [-0.15, -0.1) is 0 Å². The zero-order valence-electron chi connectivity index (χ0n) is 11.4. The van der Waals surface area contributed by atoms with E-state index < -0.39 is 0 Å². The largest absolute Gasteiger partial charge is 2.00 e. The van der Waals surface area contributed by atoms with Gasteiger partial charge in [0, 0.05) is 0 Å². The molecule has 17 heavy (non-hydrogen) atoms. The first-order chi connectivity index (χ1) is 7.65. The van der Waals surface area contributed by atoms with Gasteiger partial charge in [0.25, 0.3) is 0 Å². The van der Waals surface area contributed by atoms with Gasteiger partial charge in [-0.3, -0.25) is 0 Å². The molecule has 90 valence electrons. The number of rotatable bonds is 2. The maximum Gasteiger partial charge on any atom is 2.00 e. The van der Waals surface area contributed by atoms with Crippen LogP contribution in [0.25, 0.3) is 0 Å².